The molecule has 0 fully saturated rings. The summed E-state index contributed by atoms with van der Waals surface area (Å²) in [4.78, 5) is 10.1. The van der Waals surface area contributed by atoms with Crippen molar-refractivity contribution >= 4 is 27.7 Å². The molecule has 3 nitrogen and oxygen atoms in total. The van der Waals surface area contributed by atoms with Gasteiger partial charge in [-0.1, -0.05) is 28.1 Å². The number of alkyl halides is 1. The van der Waals surface area contributed by atoms with Gasteiger partial charge in [0.05, 0.1) is 4.92 Å². The van der Waals surface area contributed by atoms with Gasteiger partial charge in [-0.2, -0.15) is 0 Å². The lowest BCUT2D eigenvalue weighted by Gasteiger charge is -1.99. The molecule has 0 aliphatic heterocycles. The first-order valence-corrected chi connectivity index (χ1v) is 5.75. The fourth-order valence-corrected chi connectivity index (χ4v) is 1.50. The molecule has 0 N–H and O–H groups in total. The number of nitrogens with zero attached hydrogens (tertiary/aromatic N) is 1. The molecule has 0 radical (unpaired) electrons. The van der Waals surface area contributed by atoms with Crippen LogP contribution in [0.5, 0.6) is 0 Å². The summed E-state index contributed by atoms with van der Waals surface area (Å²) in [5, 5.41) is 11.4. The minimum absolute atomic E-state index is 0.144. The number of hydrogen-bond donors (Lipinski definition) is 0. The van der Waals surface area contributed by atoms with E-state index >= 15 is 0 Å². The third-order valence-corrected chi connectivity index (χ3v) is 2.50. The maximum atomic E-state index is 10.5. The molecule has 0 amide bonds. The molecule has 15 heavy (non-hydrogen) atoms. The van der Waals surface area contributed by atoms with Gasteiger partial charge in [0.1, 0.15) is 0 Å². The van der Waals surface area contributed by atoms with E-state index in [0.717, 1.165) is 22.9 Å². The van der Waals surface area contributed by atoms with Crippen molar-refractivity contribution in [2.24, 2.45) is 0 Å². The number of non-ortho nitro benzene ring substituents is 1. The summed E-state index contributed by atoms with van der Waals surface area (Å²) in [6.45, 7) is 1.88. The summed E-state index contributed by atoms with van der Waals surface area (Å²) >= 11 is 3.33. The normalized spacial score (nSPS) is 10.8. The largest absolute Gasteiger partial charge is 0.269 e. The molecule has 1 aromatic rings. The monoisotopic (exact) mass is 269 g/mol. The molecular weight excluding hydrogens is 258 g/mol. The standard InChI is InChI=1S/C11H12BrNO2/c1-9-8-11(13(14)15)6-5-10(9)4-2-3-7-12/h2,4-6,8H,3,7H2,1H3. The highest BCUT2D eigenvalue weighted by Gasteiger charge is 2.05. The van der Waals surface area contributed by atoms with Crippen LogP contribution in [0.1, 0.15) is 17.5 Å². The number of allylic oxidation sites excluding steroid dienone is 1. The smallest absolute Gasteiger partial charge is 0.258 e. The second kappa shape index (κ2) is 5.66. The van der Waals surface area contributed by atoms with E-state index in [2.05, 4.69) is 15.9 Å². The number of rotatable bonds is 4. The summed E-state index contributed by atoms with van der Waals surface area (Å²) in [6, 6.07) is 4.90. The van der Waals surface area contributed by atoms with Crippen molar-refractivity contribution in [2.75, 3.05) is 5.33 Å². The van der Waals surface area contributed by atoms with Crippen molar-refractivity contribution in [3.8, 4) is 0 Å². The molecule has 0 aromatic heterocycles. The molecule has 0 spiro atoms. The zero-order valence-corrected chi connectivity index (χ0v) is 10.0. The van der Waals surface area contributed by atoms with Crippen molar-refractivity contribution in [1.82, 2.24) is 0 Å². The van der Waals surface area contributed by atoms with E-state index in [4.69, 9.17) is 0 Å². The SMILES string of the molecule is Cc1cc([N+](=O)[O-])ccc1C=CCCBr. The molecular formula is C11H12BrNO2. The van der Waals surface area contributed by atoms with Crippen LogP contribution in [0.3, 0.4) is 0 Å². The van der Waals surface area contributed by atoms with Crippen molar-refractivity contribution < 1.29 is 4.92 Å². The lowest BCUT2D eigenvalue weighted by atomic mass is 10.1. The summed E-state index contributed by atoms with van der Waals surface area (Å²) in [7, 11) is 0. The molecule has 0 atom stereocenters. The molecule has 0 saturated heterocycles. The predicted molar refractivity (Wildman–Crippen MR) is 65.3 cm³/mol. The van der Waals surface area contributed by atoms with Crippen LogP contribution in [-0.4, -0.2) is 10.3 Å². The number of nitro groups is 1. The van der Waals surface area contributed by atoms with Crippen molar-refractivity contribution in [1.29, 1.82) is 0 Å². The second-order valence-electron chi connectivity index (χ2n) is 3.18. The van der Waals surface area contributed by atoms with Gasteiger partial charge in [-0.15, -0.1) is 0 Å². The highest BCUT2D eigenvalue weighted by atomic mass is 79.9. The van der Waals surface area contributed by atoms with Crippen molar-refractivity contribution in [2.45, 2.75) is 13.3 Å². The van der Waals surface area contributed by atoms with Crippen LogP contribution in [-0.2, 0) is 0 Å². The predicted octanol–water partition coefficient (Wildman–Crippen LogP) is 3.70. The maximum Gasteiger partial charge on any atom is 0.269 e. The third-order valence-electron chi connectivity index (χ3n) is 2.04. The molecule has 1 aromatic carbocycles. The lowest BCUT2D eigenvalue weighted by molar-refractivity contribution is -0.384. The molecule has 0 heterocycles. The molecule has 0 aliphatic rings. The first kappa shape index (κ1) is 11.9. The average molecular weight is 270 g/mol. The van der Waals surface area contributed by atoms with E-state index in [-0.39, 0.29) is 10.6 Å². The molecule has 80 valence electrons. The number of nitro benzene ring substituents is 1. The fourth-order valence-electron chi connectivity index (χ4n) is 1.23. The van der Waals surface area contributed by atoms with Crippen LogP contribution < -0.4 is 0 Å². The molecule has 0 bridgehead atoms. The van der Waals surface area contributed by atoms with Crippen molar-refractivity contribution in [3.63, 3.8) is 0 Å². The zero-order valence-electron chi connectivity index (χ0n) is 8.44. The summed E-state index contributed by atoms with van der Waals surface area (Å²) < 4.78 is 0. The van der Waals surface area contributed by atoms with Crippen LogP contribution in [0.4, 0.5) is 5.69 Å². The van der Waals surface area contributed by atoms with Gasteiger partial charge >= 0.3 is 0 Å². The second-order valence-corrected chi connectivity index (χ2v) is 3.97. The Hall–Kier alpha value is -1.16. The minimum atomic E-state index is -0.376. The quantitative estimate of drug-likeness (QED) is 0.475. The molecule has 1 rings (SSSR count). The Labute approximate surface area is 97.1 Å². The summed E-state index contributed by atoms with van der Waals surface area (Å²) in [5.41, 5.74) is 2.10. The van der Waals surface area contributed by atoms with Gasteiger partial charge < -0.3 is 0 Å². The minimum Gasteiger partial charge on any atom is -0.258 e. The number of hydrogen-bond acceptors (Lipinski definition) is 2. The Morgan fingerprint density at radius 2 is 2.27 bits per heavy atom. The zero-order chi connectivity index (χ0) is 11.3. The topological polar surface area (TPSA) is 43.1 Å². The van der Waals surface area contributed by atoms with E-state index in [9.17, 15) is 10.1 Å². The molecule has 0 aliphatic carbocycles. The number of benzene rings is 1. The van der Waals surface area contributed by atoms with Crippen LogP contribution in [0.15, 0.2) is 24.3 Å². The highest BCUT2D eigenvalue weighted by molar-refractivity contribution is 9.09. The molecule has 0 saturated carbocycles. The third kappa shape index (κ3) is 3.47. The van der Waals surface area contributed by atoms with Gasteiger partial charge in [0.25, 0.3) is 5.69 Å². The van der Waals surface area contributed by atoms with E-state index < -0.39 is 0 Å². The average Bonchev–Trinajstić information content (AvgIpc) is 2.20. The van der Waals surface area contributed by atoms with E-state index in [1.807, 2.05) is 19.1 Å². The van der Waals surface area contributed by atoms with Crippen LogP contribution in [0.2, 0.25) is 0 Å². The Kier molecular flexibility index (Phi) is 4.49. The number of aryl methyl sites for hydroxylation is 1. The van der Waals surface area contributed by atoms with Crippen LogP contribution in [0.25, 0.3) is 6.08 Å². The van der Waals surface area contributed by atoms with Crippen molar-refractivity contribution in [3.05, 3.63) is 45.5 Å². The Balaban J connectivity index is 2.88. The Morgan fingerprint density at radius 1 is 1.53 bits per heavy atom. The highest BCUT2D eigenvalue weighted by Crippen LogP contribution is 2.18. The first-order chi connectivity index (χ1) is 7.15. The van der Waals surface area contributed by atoms with Gasteiger partial charge in [0.15, 0.2) is 0 Å². The van der Waals surface area contributed by atoms with E-state index in [1.165, 1.54) is 6.07 Å². The summed E-state index contributed by atoms with van der Waals surface area (Å²) in [6.07, 6.45) is 4.99. The fraction of sp³-hybridized carbons (Fsp3) is 0.273. The van der Waals surface area contributed by atoms with Crippen LogP contribution >= 0.6 is 15.9 Å². The first-order valence-electron chi connectivity index (χ1n) is 4.62. The summed E-state index contributed by atoms with van der Waals surface area (Å²) in [5.74, 6) is 0. The van der Waals surface area contributed by atoms with Gasteiger partial charge in [-0.25, -0.2) is 0 Å². The molecule has 0 unspecified atom stereocenters. The van der Waals surface area contributed by atoms with Crippen LogP contribution in [0, 0.1) is 17.0 Å². The number of halogens is 1. The van der Waals surface area contributed by atoms with Gasteiger partial charge in [-0.3, -0.25) is 10.1 Å². The van der Waals surface area contributed by atoms with E-state index in [0.29, 0.717) is 0 Å². The van der Waals surface area contributed by atoms with Gasteiger partial charge in [0, 0.05) is 17.5 Å². The van der Waals surface area contributed by atoms with Gasteiger partial charge in [-0.05, 0) is 30.5 Å². The van der Waals surface area contributed by atoms with Gasteiger partial charge in [0.2, 0.25) is 0 Å². The lowest BCUT2D eigenvalue weighted by Crippen LogP contribution is -1.89. The molecule has 4 heteroatoms. The van der Waals surface area contributed by atoms with E-state index in [1.54, 1.807) is 12.1 Å². The maximum absolute atomic E-state index is 10.5. The Morgan fingerprint density at radius 3 is 2.80 bits per heavy atom. The Bertz CT molecular complexity index is 388.